The van der Waals surface area contributed by atoms with E-state index in [1.807, 2.05) is 63.4 Å². The van der Waals surface area contributed by atoms with E-state index in [-0.39, 0.29) is 11.9 Å². The number of carbonyl (C=O) groups excluding carboxylic acids is 1. The predicted molar refractivity (Wildman–Crippen MR) is 100 cm³/mol. The molecular formula is C19H26N4O2. The van der Waals surface area contributed by atoms with Crippen molar-refractivity contribution in [1.29, 1.82) is 0 Å². The standard InChI is InChI=1S/C19H26N4O2/c1-22(2)17(14-6-9-16(25-5)10-7-14)13-21-19(24)15-8-11-18(20-12-15)23(3)4/h6-12,17H,13H2,1-5H3,(H,21,24). The Morgan fingerprint density at radius 3 is 2.28 bits per heavy atom. The molecule has 0 aliphatic heterocycles. The van der Waals surface area contributed by atoms with Crippen LogP contribution in [-0.4, -0.2) is 57.6 Å². The van der Waals surface area contributed by atoms with E-state index in [0.29, 0.717) is 12.1 Å². The molecule has 1 heterocycles. The molecule has 0 fully saturated rings. The molecule has 1 N–H and O–H groups in total. The van der Waals surface area contributed by atoms with Gasteiger partial charge < -0.3 is 19.9 Å². The van der Waals surface area contributed by atoms with Crippen molar-refractivity contribution in [2.24, 2.45) is 0 Å². The van der Waals surface area contributed by atoms with Gasteiger partial charge in [-0.15, -0.1) is 0 Å². The first-order chi connectivity index (χ1) is 11.9. The number of ether oxygens (including phenoxy) is 1. The van der Waals surface area contributed by atoms with Crippen LogP contribution in [0.5, 0.6) is 5.75 Å². The minimum Gasteiger partial charge on any atom is -0.497 e. The van der Waals surface area contributed by atoms with Crippen LogP contribution in [-0.2, 0) is 0 Å². The van der Waals surface area contributed by atoms with Crippen molar-refractivity contribution in [3.8, 4) is 5.75 Å². The number of likely N-dealkylation sites (N-methyl/N-ethyl adjacent to an activating group) is 1. The summed E-state index contributed by atoms with van der Waals surface area (Å²) < 4.78 is 5.20. The second-order valence-corrected chi connectivity index (χ2v) is 6.26. The molecule has 0 saturated heterocycles. The van der Waals surface area contributed by atoms with Crippen molar-refractivity contribution in [3.63, 3.8) is 0 Å². The average molecular weight is 342 g/mol. The molecule has 0 aliphatic carbocycles. The van der Waals surface area contributed by atoms with Gasteiger partial charge in [0.1, 0.15) is 11.6 Å². The number of pyridine rings is 1. The number of nitrogens with zero attached hydrogens (tertiary/aromatic N) is 3. The maximum Gasteiger partial charge on any atom is 0.252 e. The fourth-order valence-corrected chi connectivity index (χ4v) is 2.50. The summed E-state index contributed by atoms with van der Waals surface area (Å²) in [7, 11) is 9.47. The van der Waals surface area contributed by atoms with Gasteiger partial charge in [-0.2, -0.15) is 0 Å². The summed E-state index contributed by atoms with van der Waals surface area (Å²) in [6, 6.07) is 11.6. The summed E-state index contributed by atoms with van der Waals surface area (Å²) in [4.78, 5) is 20.6. The summed E-state index contributed by atoms with van der Waals surface area (Å²) in [6.07, 6.45) is 1.60. The largest absolute Gasteiger partial charge is 0.497 e. The zero-order valence-electron chi connectivity index (χ0n) is 15.5. The highest BCUT2D eigenvalue weighted by Crippen LogP contribution is 2.21. The highest BCUT2D eigenvalue weighted by Gasteiger charge is 2.16. The van der Waals surface area contributed by atoms with Gasteiger partial charge in [0.25, 0.3) is 5.91 Å². The molecule has 1 amide bonds. The lowest BCUT2D eigenvalue weighted by atomic mass is 10.1. The third kappa shape index (κ3) is 4.93. The molecule has 6 nitrogen and oxygen atoms in total. The van der Waals surface area contributed by atoms with E-state index in [2.05, 4.69) is 15.2 Å². The smallest absolute Gasteiger partial charge is 0.252 e. The Bertz CT molecular complexity index is 682. The Hall–Kier alpha value is -2.60. The van der Waals surface area contributed by atoms with Gasteiger partial charge >= 0.3 is 0 Å². The van der Waals surface area contributed by atoms with E-state index in [1.54, 1.807) is 19.4 Å². The molecule has 0 bridgehead atoms. The molecule has 134 valence electrons. The van der Waals surface area contributed by atoms with Crippen LogP contribution < -0.4 is 15.0 Å². The Balaban J connectivity index is 2.03. The molecule has 25 heavy (non-hydrogen) atoms. The highest BCUT2D eigenvalue weighted by atomic mass is 16.5. The first-order valence-electron chi connectivity index (χ1n) is 8.14. The van der Waals surface area contributed by atoms with Crippen molar-refractivity contribution in [2.75, 3.05) is 46.7 Å². The molecular weight excluding hydrogens is 316 g/mol. The Morgan fingerprint density at radius 1 is 1.12 bits per heavy atom. The molecule has 6 heteroatoms. The lowest BCUT2D eigenvalue weighted by molar-refractivity contribution is 0.0941. The summed E-state index contributed by atoms with van der Waals surface area (Å²) in [5.74, 6) is 1.51. The predicted octanol–water partition coefficient (Wildman–Crippen LogP) is 2.19. The third-order valence-corrected chi connectivity index (χ3v) is 4.05. The topological polar surface area (TPSA) is 57.7 Å². The van der Waals surface area contributed by atoms with Crippen LogP contribution in [0.15, 0.2) is 42.6 Å². The molecule has 0 radical (unpaired) electrons. The normalized spacial score (nSPS) is 11.9. The van der Waals surface area contributed by atoms with Crippen molar-refractivity contribution >= 4 is 11.7 Å². The molecule has 0 saturated carbocycles. The molecule has 0 spiro atoms. The SMILES string of the molecule is COc1ccc(C(CNC(=O)c2ccc(N(C)C)nc2)N(C)C)cc1. The van der Waals surface area contributed by atoms with Crippen LogP contribution in [0.1, 0.15) is 22.0 Å². The number of nitrogens with one attached hydrogen (secondary N) is 1. The van der Waals surface area contributed by atoms with Crippen LogP contribution >= 0.6 is 0 Å². The molecule has 1 aromatic heterocycles. The van der Waals surface area contributed by atoms with Crippen molar-refractivity contribution in [2.45, 2.75) is 6.04 Å². The van der Waals surface area contributed by atoms with Gasteiger partial charge in [-0.05, 0) is 43.9 Å². The van der Waals surface area contributed by atoms with E-state index in [4.69, 9.17) is 4.74 Å². The second-order valence-electron chi connectivity index (χ2n) is 6.26. The monoisotopic (exact) mass is 342 g/mol. The summed E-state index contributed by atoms with van der Waals surface area (Å²) in [6.45, 7) is 0.508. The molecule has 2 aromatic rings. The first-order valence-corrected chi connectivity index (χ1v) is 8.14. The number of carbonyl (C=O) groups is 1. The molecule has 2 rings (SSSR count). The van der Waals surface area contributed by atoms with Crippen molar-refractivity contribution in [1.82, 2.24) is 15.2 Å². The van der Waals surface area contributed by atoms with Gasteiger partial charge in [-0.3, -0.25) is 4.79 Å². The van der Waals surface area contributed by atoms with Gasteiger partial charge in [0.15, 0.2) is 0 Å². The Labute approximate surface area is 149 Å². The third-order valence-electron chi connectivity index (χ3n) is 4.05. The van der Waals surface area contributed by atoms with Crippen LogP contribution in [0, 0.1) is 0 Å². The maximum atomic E-state index is 12.4. The first kappa shape index (κ1) is 18.7. The highest BCUT2D eigenvalue weighted by molar-refractivity contribution is 5.94. The van der Waals surface area contributed by atoms with Gasteiger partial charge in [0.2, 0.25) is 0 Å². The maximum absolute atomic E-state index is 12.4. The average Bonchev–Trinajstić information content (AvgIpc) is 2.62. The van der Waals surface area contributed by atoms with Crippen LogP contribution in [0.3, 0.4) is 0 Å². The molecule has 1 atom stereocenters. The van der Waals surface area contributed by atoms with Crippen LogP contribution in [0.4, 0.5) is 5.82 Å². The number of anilines is 1. The zero-order valence-corrected chi connectivity index (χ0v) is 15.5. The van der Waals surface area contributed by atoms with E-state index in [0.717, 1.165) is 17.1 Å². The van der Waals surface area contributed by atoms with E-state index >= 15 is 0 Å². The van der Waals surface area contributed by atoms with E-state index in [1.165, 1.54) is 0 Å². The van der Waals surface area contributed by atoms with Gasteiger partial charge in [-0.25, -0.2) is 4.98 Å². The minimum absolute atomic E-state index is 0.0730. The lowest BCUT2D eigenvalue weighted by Crippen LogP contribution is -2.34. The lowest BCUT2D eigenvalue weighted by Gasteiger charge is -2.25. The molecule has 1 aromatic carbocycles. The molecule has 1 unspecified atom stereocenters. The van der Waals surface area contributed by atoms with Gasteiger partial charge in [-0.1, -0.05) is 12.1 Å². The van der Waals surface area contributed by atoms with E-state index < -0.39 is 0 Å². The fourth-order valence-electron chi connectivity index (χ4n) is 2.50. The number of benzene rings is 1. The van der Waals surface area contributed by atoms with Crippen LogP contribution in [0.2, 0.25) is 0 Å². The van der Waals surface area contributed by atoms with Gasteiger partial charge in [0, 0.05) is 26.8 Å². The Morgan fingerprint density at radius 2 is 1.80 bits per heavy atom. The van der Waals surface area contributed by atoms with Crippen molar-refractivity contribution < 1.29 is 9.53 Å². The molecule has 0 aliphatic rings. The fraction of sp³-hybridized carbons (Fsp3) is 0.368. The number of hydrogen-bond acceptors (Lipinski definition) is 5. The quantitative estimate of drug-likeness (QED) is 0.836. The number of hydrogen-bond donors (Lipinski definition) is 1. The number of methoxy groups -OCH3 is 1. The second kappa shape index (κ2) is 8.48. The Kier molecular flexibility index (Phi) is 6.36. The number of amides is 1. The van der Waals surface area contributed by atoms with Crippen molar-refractivity contribution in [3.05, 3.63) is 53.7 Å². The number of aromatic nitrogens is 1. The number of rotatable bonds is 7. The summed E-state index contributed by atoms with van der Waals surface area (Å²) in [5, 5.41) is 2.99. The zero-order chi connectivity index (χ0) is 18.4. The summed E-state index contributed by atoms with van der Waals surface area (Å²) in [5.41, 5.74) is 1.67. The van der Waals surface area contributed by atoms with E-state index in [9.17, 15) is 4.79 Å². The van der Waals surface area contributed by atoms with Crippen LogP contribution in [0.25, 0.3) is 0 Å². The summed E-state index contributed by atoms with van der Waals surface area (Å²) >= 11 is 0. The minimum atomic E-state index is -0.127. The van der Waals surface area contributed by atoms with Gasteiger partial charge in [0.05, 0.1) is 18.7 Å².